The summed E-state index contributed by atoms with van der Waals surface area (Å²) < 4.78 is 4.95. The molecule has 0 fully saturated rings. The molecule has 0 heterocycles. The highest BCUT2D eigenvalue weighted by Gasteiger charge is 2.27. The van der Waals surface area contributed by atoms with Crippen molar-refractivity contribution < 1.29 is 14.3 Å². The Morgan fingerprint density at radius 2 is 2.22 bits per heavy atom. The van der Waals surface area contributed by atoms with Crippen molar-refractivity contribution in [3.63, 3.8) is 0 Å². The van der Waals surface area contributed by atoms with Gasteiger partial charge in [-0.1, -0.05) is 19.9 Å². The summed E-state index contributed by atoms with van der Waals surface area (Å²) in [5, 5.41) is 3.14. The maximum absolute atomic E-state index is 11.5. The molecule has 1 aliphatic rings. The molecular formula is C14H21NO3. The van der Waals surface area contributed by atoms with Crippen LogP contribution in [0.25, 0.3) is 0 Å². The molecule has 4 nitrogen and oxygen atoms in total. The molecule has 0 amide bonds. The molecule has 0 saturated heterocycles. The summed E-state index contributed by atoms with van der Waals surface area (Å²) in [6.45, 7) is 6.74. The van der Waals surface area contributed by atoms with Crippen LogP contribution in [-0.2, 0) is 14.3 Å². The highest BCUT2D eigenvalue weighted by atomic mass is 16.5. The summed E-state index contributed by atoms with van der Waals surface area (Å²) in [5.41, 5.74) is 0.939. The van der Waals surface area contributed by atoms with Crippen molar-refractivity contribution in [1.29, 1.82) is 0 Å². The zero-order valence-electron chi connectivity index (χ0n) is 11.3. The zero-order valence-corrected chi connectivity index (χ0v) is 11.3. The number of rotatable bonds is 5. The Morgan fingerprint density at radius 3 is 2.83 bits per heavy atom. The lowest BCUT2D eigenvalue weighted by Crippen LogP contribution is -2.29. The van der Waals surface area contributed by atoms with E-state index in [-0.39, 0.29) is 17.2 Å². The monoisotopic (exact) mass is 251 g/mol. The Hall–Kier alpha value is -1.58. The van der Waals surface area contributed by atoms with Gasteiger partial charge in [0, 0.05) is 30.8 Å². The predicted octanol–water partition coefficient (Wildman–Crippen LogP) is 1.97. The third kappa shape index (κ3) is 5.17. The van der Waals surface area contributed by atoms with Crippen LogP contribution in [0.2, 0.25) is 0 Å². The second-order valence-electron chi connectivity index (χ2n) is 5.25. The van der Waals surface area contributed by atoms with E-state index in [2.05, 4.69) is 19.2 Å². The summed E-state index contributed by atoms with van der Waals surface area (Å²) in [6, 6.07) is 0. The van der Waals surface area contributed by atoms with Crippen LogP contribution in [-0.4, -0.2) is 24.9 Å². The van der Waals surface area contributed by atoms with Crippen LogP contribution >= 0.6 is 0 Å². The maximum atomic E-state index is 11.5. The van der Waals surface area contributed by atoms with Gasteiger partial charge in [-0.2, -0.15) is 0 Å². The van der Waals surface area contributed by atoms with Gasteiger partial charge in [-0.05, 0) is 18.8 Å². The SMILES string of the molecule is C/C=C/C(=O)OCCNC1=CC(=O)CC(C)(C)C1. The summed E-state index contributed by atoms with van der Waals surface area (Å²) in [7, 11) is 0. The van der Waals surface area contributed by atoms with Crippen molar-refractivity contribution >= 4 is 11.8 Å². The quantitative estimate of drug-likeness (QED) is 0.461. The molecular weight excluding hydrogens is 230 g/mol. The fourth-order valence-corrected chi connectivity index (χ4v) is 2.01. The van der Waals surface area contributed by atoms with Gasteiger partial charge < -0.3 is 10.1 Å². The molecule has 1 N–H and O–H groups in total. The van der Waals surface area contributed by atoms with E-state index in [9.17, 15) is 9.59 Å². The third-order valence-electron chi connectivity index (χ3n) is 2.66. The summed E-state index contributed by atoms with van der Waals surface area (Å²) in [5.74, 6) is -0.187. The highest BCUT2D eigenvalue weighted by molar-refractivity contribution is 5.91. The number of hydrogen-bond donors (Lipinski definition) is 1. The van der Waals surface area contributed by atoms with Crippen LogP contribution in [0.4, 0.5) is 0 Å². The Balaban J connectivity index is 2.31. The predicted molar refractivity (Wildman–Crippen MR) is 69.9 cm³/mol. The van der Waals surface area contributed by atoms with Gasteiger partial charge in [0.25, 0.3) is 0 Å². The first-order valence-electron chi connectivity index (χ1n) is 6.20. The lowest BCUT2D eigenvalue weighted by molar-refractivity contribution is -0.137. The Bertz CT molecular complexity index is 381. The molecule has 0 aromatic rings. The molecule has 0 aromatic heterocycles. The number of esters is 1. The van der Waals surface area contributed by atoms with E-state index >= 15 is 0 Å². The molecule has 0 bridgehead atoms. The maximum Gasteiger partial charge on any atom is 0.330 e. The van der Waals surface area contributed by atoms with Crippen molar-refractivity contribution in [3.8, 4) is 0 Å². The number of ketones is 1. The summed E-state index contributed by atoms with van der Waals surface area (Å²) in [4.78, 5) is 22.5. The first-order valence-corrected chi connectivity index (χ1v) is 6.20. The van der Waals surface area contributed by atoms with Gasteiger partial charge in [-0.25, -0.2) is 4.79 Å². The fourth-order valence-electron chi connectivity index (χ4n) is 2.01. The highest BCUT2D eigenvalue weighted by Crippen LogP contribution is 2.32. The van der Waals surface area contributed by atoms with Gasteiger partial charge in [0.1, 0.15) is 6.61 Å². The van der Waals surface area contributed by atoms with Crippen LogP contribution in [0.1, 0.15) is 33.6 Å². The number of nitrogens with one attached hydrogen (secondary N) is 1. The molecule has 1 rings (SSSR count). The first kappa shape index (κ1) is 14.5. The van der Waals surface area contributed by atoms with Gasteiger partial charge in [-0.15, -0.1) is 0 Å². The zero-order chi connectivity index (χ0) is 13.6. The van der Waals surface area contributed by atoms with Crippen molar-refractivity contribution in [2.45, 2.75) is 33.6 Å². The topological polar surface area (TPSA) is 55.4 Å². The lowest BCUT2D eigenvalue weighted by atomic mass is 9.79. The van der Waals surface area contributed by atoms with Gasteiger partial charge in [0.15, 0.2) is 5.78 Å². The molecule has 4 heteroatoms. The van der Waals surface area contributed by atoms with Gasteiger partial charge >= 0.3 is 5.97 Å². The second kappa shape index (κ2) is 6.38. The van der Waals surface area contributed by atoms with Gasteiger partial charge in [0.05, 0.1) is 0 Å². The second-order valence-corrected chi connectivity index (χ2v) is 5.25. The summed E-state index contributed by atoms with van der Waals surface area (Å²) >= 11 is 0. The van der Waals surface area contributed by atoms with E-state index in [1.165, 1.54) is 6.08 Å². The molecule has 1 aliphatic carbocycles. The lowest BCUT2D eigenvalue weighted by Gasteiger charge is -2.29. The van der Waals surface area contributed by atoms with Crippen LogP contribution in [0.5, 0.6) is 0 Å². The minimum Gasteiger partial charge on any atom is -0.461 e. The van der Waals surface area contributed by atoms with Crippen LogP contribution in [0.3, 0.4) is 0 Å². The van der Waals surface area contributed by atoms with Crippen LogP contribution in [0.15, 0.2) is 23.9 Å². The molecule has 0 saturated carbocycles. The summed E-state index contributed by atoms with van der Waals surface area (Å²) in [6.07, 6.45) is 6.11. The molecule has 0 atom stereocenters. The average Bonchev–Trinajstić information content (AvgIpc) is 2.22. The Kier molecular flexibility index (Phi) is 5.13. The number of carbonyl (C=O) groups is 2. The van der Waals surface area contributed by atoms with E-state index in [0.717, 1.165) is 12.1 Å². The first-order chi connectivity index (χ1) is 8.43. The molecule has 0 spiro atoms. The standard InChI is InChI=1S/C14H21NO3/c1-4-5-13(17)18-7-6-15-11-8-12(16)10-14(2,3)9-11/h4-5,8,15H,6-7,9-10H2,1-3H3/b5-4+. The number of allylic oxidation sites excluding steroid dienone is 3. The van der Waals surface area contributed by atoms with Crippen molar-refractivity contribution in [2.24, 2.45) is 5.41 Å². The molecule has 18 heavy (non-hydrogen) atoms. The molecule has 0 aliphatic heterocycles. The van der Waals surface area contributed by atoms with E-state index < -0.39 is 0 Å². The van der Waals surface area contributed by atoms with Gasteiger partial charge in [0.2, 0.25) is 0 Å². The number of ether oxygens (including phenoxy) is 1. The molecule has 0 radical (unpaired) electrons. The van der Waals surface area contributed by atoms with Gasteiger partial charge in [-0.3, -0.25) is 4.79 Å². The normalized spacial score (nSPS) is 18.6. The molecule has 0 unspecified atom stereocenters. The fraction of sp³-hybridized carbons (Fsp3) is 0.571. The van der Waals surface area contributed by atoms with Crippen LogP contribution < -0.4 is 5.32 Å². The van der Waals surface area contributed by atoms with Crippen molar-refractivity contribution in [1.82, 2.24) is 5.32 Å². The molecule has 0 aromatic carbocycles. The van der Waals surface area contributed by atoms with E-state index in [0.29, 0.717) is 19.6 Å². The third-order valence-corrected chi connectivity index (χ3v) is 2.66. The smallest absolute Gasteiger partial charge is 0.330 e. The average molecular weight is 251 g/mol. The Morgan fingerprint density at radius 1 is 1.50 bits per heavy atom. The Labute approximate surface area is 108 Å². The van der Waals surface area contributed by atoms with Crippen molar-refractivity contribution in [2.75, 3.05) is 13.2 Å². The number of carbonyl (C=O) groups excluding carboxylic acids is 2. The number of hydrogen-bond acceptors (Lipinski definition) is 4. The van der Waals surface area contributed by atoms with Crippen molar-refractivity contribution in [3.05, 3.63) is 23.9 Å². The minimum absolute atomic E-state index is 0.00971. The van der Waals surface area contributed by atoms with Crippen LogP contribution in [0, 0.1) is 5.41 Å². The molecule has 100 valence electrons. The van der Waals surface area contributed by atoms with E-state index in [1.54, 1.807) is 19.1 Å². The largest absolute Gasteiger partial charge is 0.461 e. The van der Waals surface area contributed by atoms with E-state index in [1.807, 2.05) is 0 Å². The minimum atomic E-state index is -0.340. The van der Waals surface area contributed by atoms with E-state index in [4.69, 9.17) is 4.74 Å².